The van der Waals surface area contributed by atoms with Crippen molar-refractivity contribution < 1.29 is 32.9 Å². The summed E-state index contributed by atoms with van der Waals surface area (Å²) in [6, 6.07) is 12.1. The number of halogens is 2. The van der Waals surface area contributed by atoms with Crippen molar-refractivity contribution >= 4 is 34.2 Å². The van der Waals surface area contributed by atoms with Crippen molar-refractivity contribution in [2.24, 2.45) is 0 Å². The van der Waals surface area contributed by atoms with E-state index in [-0.39, 0.29) is 23.3 Å². The lowest BCUT2D eigenvalue weighted by Gasteiger charge is -2.26. The Morgan fingerprint density at radius 1 is 0.977 bits per heavy atom. The van der Waals surface area contributed by atoms with Crippen molar-refractivity contribution in [2.45, 2.75) is 13.0 Å². The second-order valence-corrected chi connectivity index (χ2v) is 10.5. The Balaban J connectivity index is 1.14. The summed E-state index contributed by atoms with van der Waals surface area (Å²) in [6.45, 7) is 5.78. The van der Waals surface area contributed by atoms with Crippen molar-refractivity contribution in [3.05, 3.63) is 71.3 Å². The number of amides is 2. The first-order valence-corrected chi connectivity index (χ1v) is 14.7. The highest BCUT2D eigenvalue weighted by Crippen LogP contribution is 2.48. The molecule has 2 amide bonds. The average Bonchev–Trinajstić information content (AvgIpc) is 3.04. The molecule has 0 spiro atoms. The van der Waals surface area contributed by atoms with E-state index >= 15 is 0 Å². The maximum atomic E-state index is 13.1. The summed E-state index contributed by atoms with van der Waals surface area (Å²) >= 11 is 6.54. The highest BCUT2D eigenvalue weighted by Gasteiger charge is 2.26. The highest BCUT2D eigenvalue weighted by atomic mass is 35.5. The molecule has 0 atom stereocenters. The minimum Gasteiger partial charge on any atom is -0.489 e. The molecule has 1 fully saturated rings. The van der Waals surface area contributed by atoms with E-state index in [9.17, 15) is 9.18 Å². The van der Waals surface area contributed by atoms with E-state index in [1.807, 2.05) is 0 Å². The van der Waals surface area contributed by atoms with Gasteiger partial charge in [-0.05, 0) is 42.3 Å². The van der Waals surface area contributed by atoms with E-state index < -0.39 is 6.03 Å². The fourth-order valence-electron chi connectivity index (χ4n) is 4.89. The monoisotopic (exact) mass is 623 g/mol. The Hall–Kier alpha value is -4.39. The van der Waals surface area contributed by atoms with Crippen LogP contribution in [0.5, 0.6) is 28.9 Å². The predicted octanol–water partition coefficient (Wildman–Crippen LogP) is 5.41. The van der Waals surface area contributed by atoms with Gasteiger partial charge in [0, 0.05) is 37.9 Å². The van der Waals surface area contributed by atoms with Gasteiger partial charge in [-0.2, -0.15) is 0 Å². The van der Waals surface area contributed by atoms with Crippen LogP contribution in [0.4, 0.5) is 14.9 Å². The molecule has 1 aromatic heterocycles. The normalized spacial score (nSPS) is 14.7. The molecular formula is C31H31ClFN5O6. The summed E-state index contributed by atoms with van der Waals surface area (Å²) in [6.07, 6.45) is 2.25. The number of carbonyl (C=O) groups excluding carboxylic acids is 1. The topological polar surface area (TPSA) is 116 Å². The van der Waals surface area contributed by atoms with Crippen LogP contribution in [0.15, 0.2) is 54.9 Å². The van der Waals surface area contributed by atoms with Gasteiger partial charge in [-0.25, -0.2) is 19.2 Å². The van der Waals surface area contributed by atoms with Crippen LogP contribution in [0.3, 0.4) is 0 Å². The Kier molecular flexibility index (Phi) is 9.40. The fraction of sp³-hybridized carbons (Fsp3) is 0.323. The number of ether oxygens (including phenoxy) is 5. The molecule has 6 rings (SSSR count). The first-order chi connectivity index (χ1) is 21.5. The third kappa shape index (κ3) is 7.21. The minimum atomic E-state index is -0.441. The first kappa shape index (κ1) is 29.7. The van der Waals surface area contributed by atoms with Gasteiger partial charge in [0.05, 0.1) is 30.4 Å². The number of nitrogens with zero attached hydrogens (tertiary/aromatic N) is 3. The second-order valence-electron chi connectivity index (χ2n) is 10.1. The molecule has 44 heavy (non-hydrogen) atoms. The molecule has 0 aliphatic carbocycles. The molecule has 0 bridgehead atoms. The number of hydrogen-bond acceptors (Lipinski definition) is 9. The zero-order valence-corrected chi connectivity index (χ0v) is 24.6. The summed E-state index contributed by atoms with van der Waals surface area (Å²) in [7, 11) is 0. The zero-order chi connectivity index (χ0) is 30.3. The number of morpholine rings is 1. The summed E-state index contributed by atoms with van der Waals surface area (Å²) in [5.74, 6) is 1.68. The molecule has 1 saturated heterocycles. The number of nitrogens with one attached hydrogen (secondary N) is 2. The molecule has 13 heteroatoms. The molecule has 2 N–H and O–H groups in total. The van der Waals surface area contributed by atoms with Crippen LogP contribution in [-0.4, -0.2) is 73.6 Å². The van der Waals surface area contributed by atoms with Crippen LogP contribution in [-0.2, 0) is 11.3 Å². The van der Waals surface area contributed by atoms with Gasteiger partial charge in [-0.1, -0.05) is 23.7 Å². The van der Waals surface area contributed by atoms with Crippen LogP contribution >= 0.6 is 11.6 Å². The van der Waals surface area contributed by atoms with Gasteiger partial charge in [0.15, 0.2) is 11.5 Å². The number of aromatic nitrogens is 2. The van der Waals surface area contributed by atoms with Crippen molar-refractivity contribution in [2.75, 3.05) is 58.0 Å². The van der Waals surface area contributed by atoms with Crippen LogP contribution in [0.1, 0.15) is 12.0 Å². The van der Waals surface area contributed by atoms with E-state index in [1.165, 1.54) is 18.5 Å². The third-order valence-corrected chi connectivity index (χ3v) is 7.38. The molecule has 230 valence electrons. The molecule has 2 aliphatic heterocycles. The highest BCUT2D eigenvalue weighted by molar-refractivity contribution is 6.32. The van der Waals surface area contributed by atoms with E-state index in [2.05, 4.69) is 25.5 Å². The molecular weight excluding hydrogens is 593 g/mol. The number of fused-ring (bicyclic) bond motifs is 3. The standard InChI is InChI=1S/C31H31ClFN5O6/c32-23-16-22(37-31(39)34-18-20-2-4-21(33)5-3-20)6-7-25(23)44-30-27-24(35-19-36-30)17-26(28-29(27)43-15-14-42-28)41-11-1-8-38-9-12-40-13-10-38/h2-7,16-17,19H,1,8-15,18H2,(H2,34,37,39). The molecule has 11 nitrogen and oxygen atoms in total. The molecule has 0 radical (unpaired) electrons. The van der Waals surface area contributed by atoms with Crippen LogP contribution in [0.25, 0.3) is 10.9 Å². The average molecular weight is 624 g/mol. The van der Waals surface area contributed by atoms with Gasteiger partial charge in [0.25, 0.3) is 0 Å². The molecule has 0 saturated carbocycles. The number of anilines is 1. The molecule has 4 aromatic rings. The number of urea groups is 1. The lowest BCUT2D eigenvalue weighted by Crippen LogP contribution is -2.37. The maximum absolute atomic E-state index is 13.1. The number of rotatable bonds is 10. The maximum Gasteiger partial charge on any atom is 0.319 e. The molecule has 0 unspecified atom stereocenters. The van der Waals surface area contributed by atoms with Gasteiger partial charge >= 0.3 is 6.03 Å². The quantitative estimate of drug-likeness (QED) is 0.224. The first-order valence-electron chi connectivity index (χ1n) is 14.3. The third-order valence-electron chi connectivity index (χ3n) is 7.09. The summed E-state index contributed by atoms with van der Waals surface area (Å²) in [5.41, 5.74) is 1.78. The molecule has 3 aromatic carbocycles. The summed E-state index contributed by atoms with van der Waals surface area (Å²) < 4.78 is 42.8. The van der Waals surface area contributed by atoms with Crippen molar-refractivity contribution in [3.8, 4) is 28.9 Å². The van der Waals surface area contributed by atoms with Crippen LogP contribution < -0.4 is 29.6 Å². The lowest BCUT2D eigenvalue weighted by atomic mass is 10.1. The smallest absolute Gasteiger partial charge is 0.319 e. The van der Waals surface area contributed by atoms with Crippen molar-refractivity contribution in [3.63, 3.8) is 0 Å². The van der Waals surface area contributed by atoms with E-state index in [0.717, 1.165) is 44.8 Å². The predicted molar refractivity (Wildman–Crippen MR) is 162 cm³/mol. The van der Waals surface area contributed by atoms with Gasteiger partial charge < -0.3 is 34.3 Å². The van der Waals surface area contributed by atoms with Crippen molar-refractivity contribution in [1.82, 2.24) is 20.2 Å². The van der Waals surface area contributed by atoms with Gasteiger partial charge in [0.1, 0.15) is 36.5 Å². The summed E-state index contributed by atoms with van der Waals surface area (Å²) in [5, 5.41) is 6.22. The van der Waals surface area contributed by atoms with Crippen molar-refractivity contribution in [1.29, 1.82) is 0 Å². The Bertz CT molecular complexity index is 1620. The van der Waals surface area contributed by atoms with Crippen LogP contribution in [0, 0.1) is 5.82 Å². The SMILES string of the molecule is O=C(NCc1ccc(F)cc1)Nc1ccc(Oc2ncnc3cc(OCCCN4CCOCC4)c4c(c23)OCCO4)c(Cl)c1. The van der Waals surface area contributed by atoms with Gasteiger partial charge in [0.2, 0.25) is 11.6 Å². The number of benzene rings is 3. The fourth-order valence-corrected chi connectivity index (χ4v) is 5.11. The number of carbonyl (C=O) groups is 1. The molecule has 3 heterocycles. The van der Waals surface area contributed by atoms with Crippen LogP contribution in [0.2, 0.25) is 5.02 Å². The lowest BCUT2D eigenvalue weighted by molar-refractivity contribution is 0.0357. The van der Waals surface area contributed by atoms with E-state index in [4.69, 9.17) is 35.3 Å². The largest absolute Gasteiger partial charge is 0.489 e. The Morgan fingerprint density at radius 3 is 2.57 bits per heavy atom. The Labute approximate surface area is 258 Å². The zero-order valence-electron chi connectivity index (χ0n) is 23.8. The van der Waals surface area contributed by atoms with Gasteiger partial charge in [-0.3, -0.25) is 4.90 Å². The molecule has 2 aliphatic rings. The second kappa shape index (κ2) is 13.9. The van der Waals surface area contributed by atoms with E-state index in [1.54, 1.807) is 36.4 Å². The summed E-state index contributed by atoms with van der Waals surface area (Å²) in [4.78, 5) is 23.5. The van der Waals surface area contributed by atoms with Gasteiger partial charge in [-0.15, -0.1) is 0 Å². The van der Waals surface area contributed by atoms with E-state index in [0.29, 0.717) is 59.4 Å². The minimum absolute atomic E-state index is 0.232. The Morgan fingerprint density at radius 2 is 1.77 bits per heavy atom. The number of hydrogen-bond donors (Lipinski definition) is 2.